The second-order valence-electron chi connectivity index (χ2n) is 9.09. The molecule has 0 N–H and O–H groups in total. The second kappa shape index (κ2) is 12.0. The lowest BCUT2D eigenvalue weighted by atomic mass is 10.1. The molecule has 0 aliphatic heterocycles. The van der Waals surface area contributed by atoms with Crippen LogP contribution in [0.25, 0.3) is 0 Å². The van der Waals surface area contributed by atoms with Gasteiger partial charge in [-0.1, -0.05) is 36.4 Å². The van der Waals surface area contributed by atoms with Gasteiger partial charge in [-0.2, -0.15) is 0 Å². The highest BCUT2D eigenvalue weighted by Gasteiger charge is 2.25. The van der Waals surface area contributed by atoms with Crippen molar-refractivity contribution in [3.05, 3.63) is 140 Å². The molecule has 0 radical (unpaired) electrons. The van der Waals surface area contributed by atoms with Gasteiger partial charge in [-0.25, -0.2) is 0 Å². The zero-order chi connectivity index (χ0) is 28.8. The monoisotopic (exact) mass is 538 g/mol. The smallest absolute Gasteiger partial charge is 0.269 e. The van der Waals surface area contributed by atoms with Crippen LogP contribution in [0.5, 0.6) is 0 Å². The number of nitro groups is 2. The molecule has 0 saturated carbocycles. The molecule has 0 saturated heterocycles. The third-order valence-corrected chi connectivity index (χ3v) is 6.50. The number of anilines is 2. The quantitative estimate of drug-likeness (QED) is 0.187. The van der Waals surface area contributed by atoms with Crippen LogP contribution in [0.2, 0.25) is 0 Å². The van der Waals surface area contributed by atoms with Crippen molar-refractivity contribution in [2.24, 2.45) is 0 Å². The number of non-ortho nitro benzene ring substituents is 2. The Kier molecular flexibility index (Phi) is 8.29. The summed E-state index contributed by atoms with van der Waals surface area (Å²) in [6.45, 7) is 3.95. The number of rotatable bonds is 9. The highest BCUT2D eigenvalue weighted by atomic mass is 16.6. The Morgan fingerprint density at radius 3 is 1.20 bits per heavy atom. The molecule has 0 aromatic heterocycles. The number of aryl methyl sites for hydroxylation is 2. The van der Waals surface area contributed by atoms with Crippen LogP contribution in [0.4, 0.5) is 22.7 Å². The van der Waals surface area contributed by atoms with E-state index in [2.05, 4.69) is 0 Å². The fraction of sp³-hybridized carbons (Fsp3) is 0.133. The molecule has 10 nitrogen and oxygen atoms in total. The third kappa shape index (κ3) is 6.02. The van der Waals surface area contributed by atoms with Gasteiger partial charge < -0.3 is 9.80 Å². The van der Waals surface area contributed by atoms with Crippen molar-refractivity contribution >= 4 is 34.6 Å². The molecule has 202 valence electrons. The van der Waals surface area contributed by atoms with Crippen LogP contribution in [0.15, 0.2) is 97.1 Å². The molecule has 0 heterocycles. The fourth-order valence-electron chi connectivity index (χ4n) is 4.36. The fourth-order valence-corrected chi connectivity index (χ4v) is 4.36. The first-order valence-corrected chi connectivity index (χ1v) is 12.4. The summed E-state index contributed by atoms with van der Waals surface area (Å²) >= 11 is 0. The number of hydrogen-bond acceptors (Lipinski definition) is 6. The van der Waals surface area contributed by atoms with E-state index >= 15 is 0 Å². The number of nitro benzene ring substituents is 2. The van der Waals surface area contributed by atoms with Crippen LogP contribution in [-0.4, -0.2) is 34.8 Å². The molecule has 4 rings (SSSR count). The van der Waals surface area contributed by atoms with E-state index in [1.807, 2.05) is 38.1 Å². The number of amides is 2. The summed E-state index contributed by atoms with van der Waals surface area (Å²) in [4.78, 5) is 51.7. The zero-order valence-electron chi connectivity index (χ0n) is 21.9. The average Bonchev–Trinajstić information content (AvgIpc) is 2.96. The van der Waals surface area contributed by atoms with Crippen LogP contribution in [0, 0.1) is 34.1 Å². The highest BCUT2D eigenvalue weighted by Crippen LogP contribution is 2.26. The molecule has 0 aliphatic rings. The Bertz CT molecular complexity index is 1450. The van der Waals surface area contributed by atoms with Crippen molar-refractivity contribution in [1.82, 2.24) is 0 Å². The van der Waals surface area contributed by atoms with Crippen molar-refractivity contribution in [2.75, 3.05) is 22.9 Å². The van der Waals surface area contributed by atoms with Crippen molar-refractivity contribution in [2.45, 2.75) is 13.8 Å². The van der Waals surface area contributed by atoms with Gasteiger partial charge in [0.1, 0.15) is 0 Å². The first-order valence-electron chi connectivity index (χ1n) is 12.4. The van der Waals surface area contributed by atoms with Crippen LogP contribution < -0.4 is 9.80 Å². The van der Waals surface area contributed by atoms with Crippen LogP contribution in [-0.2, 0) is 0 Å². The minimum atomic E-state index is -0.531. The van der Waals surface area contributed by atoms with Gasteiger partial charge in [0.15, 0.2) is 0 Å². The lowest BCUT2D eigenvalue weighted by molar-refractivity contribution is -0.385. The predicted molar refractivity (Wildman–Crippen MR) is 152 cm³/mol. The number of para-hydroxylation sites is 2. The molecule has 4 aromatic carbocycles. The van der Waals surface area contributed by atoms with Gasteiger partial charge in [0.05, 0.1) is 9.85 Å². The number of nitrogens with zero attached hydrogens (tertiary/aromatic N) is 4. The lowest BCUT2D eigenvalue weighted by Gasteiger charge is -2.30. The van der Waals surface area contributed by atoms with Crippen molar-refractivity contribution in [3.8, 4) is 0 Å². The Morgan fingerprint density at radius 1 is 0.575 bits per heavy atom. The predicted octanol–water partition coefficient (Wildman–Crippen LogP) is 6.11. The molecule has 40 heavy (non-hydrogen) atoms. The summed E-state index contributed by atoms with van der Waals surface area (Å²) in [5.74, 6) is -0.756. The Hall–Kier alpha value is -5.38. The molecule has 2 amide bonds. The SMILES string of the molecule is Cc1ccccc1N(CCN(C(=O)c1ccc([N+](=O)[O-])cc1)c1ccccc1C)C(=O)c1ccc([N+](=O)[O-])cc1. The largest absolute Gasteiger partial charge is 0.306 e. The molecule has 10 heteroatoms. The highest BCUT2D eigenvalue weighted by molar-refractivity contribution is 6.08. The summed E-state index contributed by atoms with van der Waals surface area (Å²) in [6, 6.07) is 25.4. The van der Waals surface area contributed by atoms with Gasteiger partial charge in [-0.3, -0.25) is 29.8 Å². The Morgan fingerprint density at radius 2 is 0.900 bits per heavy atom. The van der Waals surface area contributed by atoms with Crippen molar-refractivity contribution in [1.29, 1.82) is 0 Å². The summed E-state index contributed by atoms with van der Waals surface area (Å²) in [6.07, 6.45) is 0. The van der Waals surface area contributed by atoms with E-state index in [0.717, 1.165) is 11.1 Å². The van der Waals surface area contributed by atoms with Gasteiger partial charge in [-0.15, -0.1) is 0 Å². The van der Waals surface area contributed by atoms with E-state index in [9.17, 15) is 29.8 Å². The van der Waals surface area contributed by atoms with E-state index in [1.54, 1.807) is 34.1 Å². The number of carbonyl (C=O) groups is 2. The van der Waals surface area contributed by atoms with Crippen molar-refractivity contribution in [3.63, 3.8) is 0 Å². The molecule has 0 fully saturated rings. The average molecular weight is 539 g/mol. The second-order valence-corrected chi connectivity index (χ2v) is 9.09. The Labute approximate surface area is 230 Å². The van der Waals surface area contributed by atoms with E-state index in [0.29, 0.717) is 11.4 Å². The number of carbonyl (C=O) groups excluding carboxylic acids is 2. The molecule has 0 aliphatic carbocycles. The van der Waals surface area contributed by atoms with Gasteiger partial charge in [0, 0.05) is 59.9 Å². The summed E-state index contributed by atoms with van der Waals surface area (Å²) in [7, 11) is 0. The minimum Gasteiger partial charge on any atom is -0.306 e. The maximum absolute atomic E-state index is 13.7. The van der Waals surface area contributed by atoms with Crippen molar-refractivity contribution < 1.29 is 19.4 Å². The molecule has 0 atom stereocenters. The minimum absolute atomic E-state index is 0.105. The molecule has 0 bridgehead atoms. The lowest BCUT2D eigenvalue weighted by Crippen LogP contribution is -2.42. The number of hydrogen-bond donors (Lipinski definition) is 0. The molecule has 0 unspecified atom stereocenters. The molecular formula is C30H26N4O6. The standard InChI is InChI=1S/C30H26N4O6/c1-21-7-3-5-9-27(21)31(29(35)23-11-15-25(16-12-23)33(37)38)19-20-32(28-10-6-4-8-22(28)2)30(36)24-13-17-26(18-14-24)34(39)40/h3-18H,19-20H2,1-2H3. The number of benzene rings is 4. The summed E-state index contributed by atoms with van der Waals surface area (Å²) < 4.78 is 0. The molecule has 0 spiro atoms. The maximum atomic E-state index is 13.7. The van der Waals surface area contributed by atoms with Gasteiger partial charge in [-0.05, 0) is 61.4 Å². The summed E-state index contributed by atoms with van der Waals surface area (Å²) in [5, 5.41) is 22.2. The van der Waals surface area contributed by atoms with E-state index in [-0.39, 0.29) is 47.4 Å². The van der Waals surface area contributed by atoms with Crippen LogP contribution in [0.3, 0.4) is 0 Å². The summed E-state index contributed by atoms with van der Waals surface area (Å²) in [5.41, 5.74) is 3.22. The molecular weight excluding hydrogens is 512 g/mol. The Balaban J connectivity index is 1.70. The maximum Gasteiger partial charge on any atom is 0.269 e. The molecule has 4 aromatic rings. The first kappa shape index (κ1) is 27.6. The third-order valence-electron chi connectivity index (χ3n) is 6.50. The van der Waals surface area contributed by atoms with Gasteiger partial charge in [0.2, 0.25) is 0 Å². The normalized spacial score (nSPS) is 10.6. The zero-order valence-corrected chi connectivity index (χ0v) is 21.9. The first-order chi connectivity index (χ1) is 19.2. The van der Waals surface area contributed by atoms with E-state index in [1.165, 1.54) is 48.5 Å². The van der Waals surface area contributed by atoms with Crippen LogP contribution >= 0.6 is 0 Å². The van der Waals surface area contributed by atoms with E-state index < -0.39 is 9.85 Å². The van der Waals surface area contributed by atoms with Gasteiger partial charge >= 0.3 is 0 Å². The topological polar surface area (TPSA) is 127 Å². The van der Waals surface area contributed by atoms with Gasteiger partial charge in [0.25, 0.3) is 23.2 Å². The van der Waals surface area contributed by atoms with E-state index in [4.69, 9.17) is 0 Å². The van der Waals surface area contributed by atoms with Crippen LogP contribution in [0.1, 0.15) is 31.8 Å².